The lowest BCUT2D eigenvalue weighted by molar-refractivity contribution is -0.152. The summed E-state index contributed by atoms with van der Waals surface area (Å²) in [6, 6.07) is 0. The molecule has 4 heteroatoms. The number of ether oxygens (including phenoxy) is 1. The molecule has 0 aromatic rings. The maximum atomic E-state index is 11.7. The molecule has 3 unspecified atom stereocenters. The number of rotatable bonds is 11. The van der Waals surface area contributed by atoms with E-state index < -0.39 is 17.8 Å². The van der Waals surface area contributed by atoms with E-state index in [4.69, 9.17) is 9.84 Å². The van der Waals surface area contributed by atoms with Gasteiger partial charge in [-0.15, -0.1) is 0 Å². The van der Waals surface area contributed by atoms with Crippen molar-refractivity contribution in [1.29, 1.82) is 0 Å². The minimum atomic E-state index is -0.912. The maximum Gasteiger partial charge on any atom is 0.310 e. The van der Waals surface area contributed by atoms with Gasteiger partial charge in [0.15, 0.2) is 0 Å². The van der Waals surface area contributed by atoms with Crippen LogP contribution in [0.5, 0.6) is 0 Å². The molecule has 1 N–H and O–H groups in total. The van der Waals surface area contributed by atoms with Crippen LogP contribution in [0.2, 0.25) is 0 Å². The molecule has 0 bridgehead atoms. The third-order valence-corrected chi connectivity index (χ3v) is 4.48. The molecular weight excluding hydrogens is 268 g/mol. The van der Waals surface area contributed by atoms with Crippen LogP contribution in [0.3, 0.4) is 0 Å². The maximum absolute atomic E-state index is 11.7. The molecule has 0 saturated carbocycles. The Balaban J connectivity index is 2.09. The molecule has 4 nitrogen and oxygen atoms in total. The van der Waals surface area contributed by atoms with Crippen LogP contribution in [0.4, 0.5) is 0 Å². The third-order valence-electron chi connectivity index (χ3n) is 4.48. The van der Waals surface area contributed by atoms with Gasteiger partial charge in [-0.2, -0.15) is 0 Å². The molecule has 0 aliphatic carbocycles. The Morgan fingerprint density at radius 3 is 2.33 bits per heavy atom. The number of carbonyl (C=O) groups excluding carboxylic acids is 1. The van der Waals surface area contributed by atoms with Crippen molar-refractivity contribution in [3.63, 3.8) is 0 Å². The Morgan fingerprint density at radius 1 is 1.19 bits per heavy atom. The van der Waals surface area contributed by atoms with Gasteiger partial charge in [-0.05, 0) is 19.3 Å². The van der Waals surface area contributed by atoms with E-state index in [2.05, 4.69) is 6.92 Å². The van der Waals surface area contributed by atoms with Crippen LogP contribution in [-0.4, -0.2) is 23.1 Å². The molecule has 1 saturated heterocycles. The van der Waals surface area contributed by atoms with Crippen molar-refractivity contribution in [2.24, 2.45) is 11.8 Å². The van der Waals surface area contributed by atoms with Crippen molar-refractivity contribution >= 4 is 11.9 Å². The normalized spacial score (nSPS) is 23.0. The zero-order chi connectivity index (χ0) is 15.7. The van der Waals surface area contributed by atoms with Gasteiger partial charge in [0, 0.05) is 0 Å². The standard InChI is InChI=1S/C17H30O4/c1-3-4-5-6-7-8-9-10-11-14-12-15(17(20)21-14)13(2)16(18)19/h13-15H,3-12H2,1-2H3,(H,18,19). The lowest BCUT2D eigenvalue weighted by Crippen LogP contribution is -2.24. The summed E-state index contributed by atoms with van der Waals surface area (Å²) < 4.78 is 5.30. The molecular formula is C17H30O4. The van der Waals surface area contributed by atoms with Gasteiger partial charge in [0.1, 0.15) is 6.10 Å². The van der Waals surface area contributed by atoms with Crippen LogP contribution in [0.15, 0.2) is 0 Å². The quantitative estimate of drug-likeness (QED) is 0.459. The van der Waals surface area contributed by atoms with E-state index in [0.717, 1.165) is 12.8 Å². The minimum Gasteiger partial charge on any atom is -0.481 e. The molecule has 1 fully saturated rings. The predicted octanol–water partition coefficient (Wildman–Crippen LogP) is 4.17. The van der Waals surface area contributed by atoms with Gasteiger partial charge in [-0.1, -0.05) is 58.8 Å². The average Bonchev–Trinajstić information content (AvgIpc) is 2.81. The number of hydrogen-bond donors (Lipinski definition) is 1. The Hall–Kier alpha value is -1.06. The van der Waals surface area contributed by atoms with Crippen molar-refractivity contribution < 1.29 is 19.4 Å². The van der Waals surface area contributed by atoms with Crippen molar-refractivity contribution in [2.45, 2.75) is 84.2 Å². The first-order valence-corrected chi connectivity index (χ1v) is 8.49. The molecule has 21 heavy (non-hydrogen) atoms. The molecule has 3 atom stereocenters. The number of cyclic esters (lactones) is 1. The Morgan fingerprint density at radius 2 is 1.76 bits per heavy atom. The molecule has 0 aromatic heterocycles. The first-order valence-electron chi connectivity index (χ1n) is 8.49. The fourth-order valence-corrected chi connectivity index (χ4v) is 2.94. The Bertz CT molecular complexity index is 327. The van der Waals surface area contributed by atoms with Gasteiger partial charge in [0.2, 0.25) is 0 Å². The van der Waals surface area contributed by atoms with Crippen LogP contribution in [0.25, 0.3) is 0 Å². The Labute approximate surface area is 128 Å². The Kier molecular flexibility index (Phi) is 8.40. The number of carbonyl (C=O) groups is 2. The summed E-state index contributed by atoms with van der Waals surface area (Å²) in [5, 5.41) is 8.97. The zero-order valence-electron chi connectivity index (χ0n) is 13.5. The summed E-state index contributed by atoms with van der Waals surface area (Å²) in [4.78, 5) is 22.6. The van der Waals surface area contributed by atoms with E-state index in [1.54, 1.807) is 6.92 Å². The fourth-order valence-electron chi connectivity index (χ4n) is 2.94. The summed E-state index contributed by atoms with van der Waals surface area (Å²) in [7, 11) is 0. The molecule has 1 aliphatic heterocycles. The molecule has 1 rings (SSSR count). The molecule has 0 spiro atoms. The minimum absolute atomic E-state index is 0.0654. The molecule has 1 aliphatic rings. The number of aliphatic carboxylic acids is 1. The second-order valence-corrected chi connectivity index (χ2v) is 6.29. The third kappa shape index (κ3) is 6.49. The topological polar surface area (TPSA) is 63.6 Å². The number of hydrogen-bond acceptors (Lipinski definition) is 3. The van der Waals surface area contributed by atoms with Crippen LogP contribution in [-0.2, 0) is 14.3 Å². The summed E-state index contributed by atoms with van der Waals surface area (Å²) in [5.74, 6) is -2.33. The number of unbranched alkanes of at least 4 members (excludes halogenated alkanes) is 7. The van der Waals surface area contributed by atoms with E-state index in [9.17, 15) is 9.59 Å². The molecule has 122 valence electrons. The SMILES string of the molecule is CCCCCCCCCCC1CC(C(C)C(=O)O)C(=O)O1. The van der Waals surface area contributed by atoms with E-state index in [1.807, 2.05) is 0 Å². The second-order valence-electron chi connectivity index (χ2n) is 6.29. The first kappa shape index (κ1) is 18.0. The molecule has 0 aromatic carbocycles. The van der Waals surface area contributed by atoms with Crippen LogP contribution in [0.1, 0.15) is 78.1 Å². The summed E-state index contributed by atoms with van der Waals surface area (Å²) in [5.41, 5.74) is 0. The number of carboxylic acid groups (broad SMARTS) is 1. The fraction of sp³-hybridized carbons (Fsp3) is 0.882. The zero-order valence-corrected chi connectivity index (χ0v) is 13.5. The van der Waals surface area contributed by atoms with Crippen molar-refractivity contribution in [3.05, 3.63) is 0 Å². The monoisotopic (exact) mass is 298 g/mol. The van der Waals surface area contributed by atoms with Gasteiger partial charge in [0.05, 0.1) is 11.8 Å². The van der Waals surface area contributed by atoms with Gasteiger partial charge >= 0.3 is 11.9 Å². The van der Waals surface area contributed by atoms with Crippen molar-refractivity contribution in [2.75, 3.05) is 0 Å². The highest BCUT2D eigenvalue weighted by molar-refractivity contribution is 5.82. The largest absolute Gasteiger partial charge is 0.481 e. The average molecular weight is 298 g/mol. The highest BCUT2D eigenvalue weighted by atomic mass is 16.6. The predicted molar refractivity (Wildman–Crippen MR) is 82.0 cm³/mol. The number of carboxylic acids is 1. The van der Waals surface area contributed by atoms with Gasteiger partial charge in [-0.3, -0.25) is 9.59 Å². The van der Waals surface area contributed by atoms with Crippen LogP contribution in [0, 0.1) is 11.8 Å². The second kappa shape index (κ2) is 9.80. The lowest BCUT2D eigenvalue weighted by atomic mass is 9.90. The van der Waals surface area contributed by atoms with Crippen molar-refractivity contribution in [3.8, 4) is 0 Å². The van der Waals surface area contributed by atoms with E-state index in [1.165, 1.54) is 44.9 Å². The molecule has 0 radical (unpaired) electrons. The highest BCUT2D eigenvalue weighted by Crippen LogP contribution is 2.30. The van der Waals surface area contributed by atoms with Crippen LogP contribution >= 0.6 is 0 Å². The first-order chi connectivity index (χ1) is 10.1. The lowest BCUT2D eigenvalue weighted by Gasteiger charge is -2.10. The molecule has 1 heterocycles. The van der Waals surface area contributed by atoms with E-state index in [-0.39, 0.29) is 12.1 Å². The van der Waals surface area contributed by atoms with Gasteiger partial charge in [-0.25, -0.2) is 0 Å². The van der Waals surface area contributed by atoms with E-state index in [0.29, 0.717) is 6.42 Å². The van der Waals surface area contributed by atoms with E-state index >= 15 is 0 Å². The molecule has 0 amide bonds. The number of esters is 1. The highest BCUT2D eigenvalue weighted by Gasteiger charge is 2.40. The van der Waals surface area contributed by atoms with Gasteiger partial charge < -0.3 is 9.84 Å². The van der Waals surface area contributed by atoms with Crippen LogP contribution < -0.4 is 0 Å². The summed E-state index contributed by atoms with van der Waals surface area (Å²) >= 11 is 0. The van der Waals surface area contributed by atoms with Crippen molar-refractivity contribution in [1.82, 2.24) is 0 Å². The smallest absolute Gasteiger partial charge is 0.310 e. The van der Waals surface area contributed by atoms with Gasteiger partial charge in [0.25, 0.3) is 0 Å². The summed E-state index contributed by atoms with van der Waals surface area (Å²) in [6.45, 7) is 3.81. The summed E-state index contributed by atoms with van der Waals surface area (Å²) in [6.07, 6.45) is 11.5.